The van der Waals surface area contributed by atoms with E-state index < -0.39 is 11.2 Å². The first-order valence-electron chi connectivity index (χ1n) is 8.33. The Labute approximate surface area is 132 Å². The Balaban J connectivity index is 1.83. The van der Waals surface area contributed by atoms with E-state index in [1.165, 1.54) is 11.3 Å². The number of aliphatic hydroxyl groups is 2. The molecule has 4 heteroatoms. The summed E-state index contributed by atoms with van der Waals surface area (Å²) in [7, 11) is 2.09. The summed E-state index contributed by atoms with van der Waals surface area (Å²) < 4.78 is 0. The molecule has 120 valence electrons. The van der Waals surface area contributed by atoms with Gasteiger partial charge in [0.2, 0.25) is 0 Å². The second kappa shape index (κ2) is 4.47. The minimum atomic E-state index is -0.856. The summed E-state index contributed by atoms with van der Waals surface area (Å²) in [4.78, 5) is 2.26. The minimum Gasteiger partial charge on any atom is -0.390 e. The molecule has 4 nitrogen and oxygen atoms in total. The Morgan fingerprint density at radius 1 is 1.36 bits per heavy atom. The minimum absolute atomic E-state index is 0.0699. The molecule has 2 heterocycles. The predicted octanol–water partition coefficient (Wildman–Crippen LogP) is 1.88. The third-order valence-corrected chi connectivity index (χ3v) is 6.18. The van der Waals surface area contributed by atoms with Crippen LogP contribution < -0.4 is 5.32 Å². The van der Waals surface area contributed by atoms with Gasteiger partial charge in [0.05, 0.1) is 5.60 Å². The first-order valence-corrected chi connectivity index (χ1v) is 8.33. The van der Waals surface area contributed by atoms with Crippen molar-refractivity contribution < 1.29 is 10.2 Å². The Bertz CT molecular complexity index is 610. The molecule has 1 fully saturated rings. The van der Waals surface area contributed by atoms with E-state index in [-0.39, 0.29) is 12.0 Å². The lowest BCUT2D eigenvalue weighted by Crippen LogP contribution is -2.61. The lowest BCUT2D eigenvalue weighted by atomic mass is 9.63. The van der Waals surface area contributed by atoms with E-state index in [4.69, 9.17) is 0 Å². The van der Waals surface area contributed by atoms with Crippen LogP contribution in [0, 0.1) is 5.92 Å². The highest BCUT2D eigenvalue weighted by molar-refractivity contribution is 5.63. The lowest BCUT2D eigenvalue weighted by molar-refractivity contribution is -0.143. The molecule has 0 radical (unpaired) electrons. The van der Waals surface area contributed by atoms with E-state index >= 15 is 0 Å². The van der Waals surface area contributed by atoms with Gasteiger partial charge in [-0.3, -0.25) is 4.90 Å². The zero-order chi connectivity index (χ0) is 15.7. The van der Waals surface area contributed by atoms with Crippen LogP contribution in [0.3, 0.4) is 0 Å². The molecule has 0 amide bonds. The highest BCUT2D eigenvalue weighted by Gasteiger charge is 2.54. The van der Waals surface area contributed by atoms with Crippen molar-refractivity contribution in [3.8, 4) is 0 Å². The molecule has 0 bridgehead atoms. The van der Waals surface area contributed by atoms with Gasteiger partial charge in [0.25, 0.3) is 0 Å². The van der Waals surface area contributed by atoms with Gasteiger partial charge in [-0.05, 0) is 50.9 Å². The van der Waals surface area contributed by atoms with Crippen molar-refractivity contribution in [1.82, 2.24) is 4.90 Å². The van der Waals surface area contributed by atoms with E-state index in [9.17, 15) is 10.2 Å². The van der Waals surface area contributed by atoms with Gasteiger partial charge in [0, 0.05) is 36.7 Å². The molecule has 1 unspecified atom stereocenters. The molecule has 4 atom stereocenters. The van der Waals surface area contributed by atoms with Gasteiger partial charge in [-0.25, -0.2) is 0 Å². The van der Waals surface area contributed by atoms with Gasteiger partial charge >= 0.3 is 0 Å². The molecular weight excluding hydrogens is 276 g/mol. The number of anilines is 1. The Morgan fingerprint density at radius 2 is 2.14 bits per heavy atom. The fourth-order valence-corrected chi connectivity index (χ4v) is 4.90. The van der Waals surface area contributed by atoms with Gasteiger partial charge in [0.1, 0.15) is 5.60 Å². The molecule has 1 aromatic rings. The predicted molar refractivity (Wildman–Crippen MR) is 87.0 cm³/mol. The highest BCUT2D eigenvalue weighted by atomic mass is 16.3. The van der Waals surface area contributed by atoms with Gasteiger partial charge in [0.15, 0.2) is 0 Å². The van der Waals surface area contributed by atoms with Crippen LogP contribution in [0.1, 0.15) is 43.7 Å². The topological polar surface area (TPSA) is 55.7 Å². The van der Waals surface area contributed by atoms with Crippen molar-refractivity contribution in [3.63, 3.8) is 0 Å². The van der Waals surface area contributed by atoms with Gasteiger partial charge in [-0.2, -0.15) is 0 Å². The zero-order valence-corrected chi connectivity index (χ0v) is 13.6. The van der Waals surface area contributed by atoms with Crippen LogP contribution in [0.5, 0.6) is 0 Å². The van der Waals surface area contributed by atoms with Crippen LogP contribution in [-0.2, 0) is 5.60 Å². The zero-order valence-electron chi connectivity index (χ0n) is 13.6. The Hall–Kier alpha value is -1.10. The number of benzene rings is 1. The summed E-state index contributed by atoms with van der Waals surface area (Å²) in [5.74, 6) is 0.568. The van der Waals surface area contributed by atoms with Gasteiger partial charge in [-0.1, -0.05) is 12.1 Å². The molecule has 22 heavy (non-hydrogen) atoms. The second-order valence-electron chi connectivity index (χ2n) is 8.01. The Morgan fingerprint density at radius 3 is 2.86 bits per heavy atom. The molecule has 4 rings (SSSR count). The van der Waals surface area contributed by atoms with E-state index in [2.05, 4.69) is 29.4 Å². The van der Waals surface area contributed by atoms with Crippen LogP contribution in [-0.4, -0.2) is 46.9 Å². The maximum absolute atomic E-state index is 11.6. The van der Waals surface area contributed by atoms with Crippen molar-refractivity contribution in [3.05, 3.63) is 29.3 Å². The van der Waals surface area contributed by atoms with Crippen LogP contribution in [0.4, 0.5) is 5.69 Å². The smallest absolute Gasteiger partial charge is 0.106 e. The molecule has 1 aromatic carbocycles. The fourth-order valence-electron chi connectivity index (χ4n) is 4.90. The quantitative estimate of drug-likeness (QED) is 0.741. The van der Waals surface area contributed by atoms with Crippen molar-refractivity contribution in [2.45, 2.75) is 49.9 Å². The first-order chi connectivity index (χ1) is 10.3. The monoisotopic (exact) mass is 302 g/mol. The summed E-state index contributed by atoms with van der Waals surface area (Å²) >= 11 is 0. The molecular formula is C18H26N2O2. The SMILES string of the molecule is CN1C[C@H](C(C)(C)O)C[C@]2(O)c3cccc4c3C(CN4)C[C@@H]12. The maximum atomic E-state index is 11.6. The number of fused-ring (bicyclic) bond motifs is 2. The molecule has 0 aromatic heterocycles. The highest BCUT2D eigenvalue weighted by Crippen LogP contribution is 2.53. The van der Waals surface area contributed by atoms with Gasteiger partial charge in [-0.15, -0.1) is 0 Å². The van der Waals surface area contributed by atoms with E-state index in [1.807, 2.05) is 19.9 Å². The third kappa shape index (κ3) is 1.87. The molecule has 0 spiro atoms. The van der Waals surface area contributed by atoms with Crippen LogP contribution in [0.25, 0.3) is 0 Å². The standard InChI is InChI=1S/C18H26N2O2/c1-17(2,21)12-8-18(22)13-5-4-6-14-16(13)11(9-19-14)7-15(18)20(3)10-12/h4-6,11-12,15,19,21-22H,7-10H2,1-3H3/t11?,12-,15-,18+/m1/s1. The number of likely N-dealkylation sites (tertiary alicyclic amines) is 1. The Kier molecular flexibility index (Phi) is 2.94. The first kappa shape index (κ1) is 14.5. The van der Waals surface area contributed by atoms with E-state index in [1.54, 1.807) is 0 Å². The van der Waals surface area contributed by atoms with Crippen molar-refractivity contribution in [2.24, 2.45) is 5.92 Å². The molecule has 3 aliphatic rings. The number of nitrogens with zero attached hydrogens (tertiary/aromatic N) is 1. The van der Waals surface area contributed by atoms with Crippen molar-refractivity contribution in [2.75, 3.05) is 25.5 Å². The molecule has 1 aliphatic carbocycles. The summed E-state index contributed by atoms with van der Waals surface area (Å²) in [6.07, 6.45) is 1.62. The summed E-state index contributed by atoms with van der Waals surface area (Å²) in [6.45, 7) is 5.53. The number of rotatable bonds is 1. The number of likely N-dealkylation sites (N-methyl/N-ethyl adjacent to an activating group) is 1. The number of hydrogen-bond donors (Lipinski definition) is 3. The summed E-state index contributed by atoms with van der Waals surface area (Å²) in [5.41, 5.74) is 1.94. The lowest BCUT2D eigenvalue weighted by Gasteiger charge is -2.54. The van der Waals surface area contributed by atoms with E-state index in [0.717, 1.165) is 25.1 Å². The van der Waals surface area contributed by atoms with E-state index in [0.29, 0.717) is 12.3 Å². The summed E-state index contributed by atoms with van der Waals surface area (Å²) in [6, 6.07) is 6.38. The molecule has 0 saturated carbocycles. The molecule has 2 aliphatic heterocycles. The van der Waals surface area contributed by atoms with Crippen LogP contribution >= 0.6 is 0 Å². The second-order valence-corrected chi connectivity index (χ2v) is 8.01. The normalized spacial score (nSPS) is 37.4. The van der Waals surface area contributed by atoms with Crippen LogP contribution in [0.2, 0.25) is 0 Å². The van der Waals surface area contributed by atoms with Crippen molar-refractivity contribution >= 4 is 5.69 Å². The molecule has 1 saturated heterocycles. The third-order valence-electron chi connectivity index (χ3n) is 6.18. The van der Waals surface area contributed by atoms with Crippen LogP contribution in [0.15, 0.2) is 18.2 Å². The van der Waals surface area contributed by atoms with Crippen molar-refractivity contribution in [1.29, 1.82) is 0 Å². The maximum Gasteiger partial charge on any atom is 0.106 e. The number of nitrogens with one attached hydrogen (secondary N) is 1. The summed E-state index contributed by atoms with van der Waals surface area (Å²) in [5, 5.41) is 25.6. The average Bonchev–Trinajstić information content (AvgIpc) is 2.84. The fraction of sp³-hybridized carbons (Fsp3) is 0.667. The number of piperidine rings is 1. The largest absolute Gasteiger partial charge is 0.390 e. The number of hydrogen-bond acceptors (Lipinski definition) is 4. The van der Waals surface area contributed by atoms with Gasteiger partial charge < -0.3 is 15.5 Å². The average molecular weight is 302 g/mol. The molecule has 3 N–H and O–H groups in total.